The van der Waals surface area contributed by atoms with Crippen LogP contribution in [0.5, 0.6) is 11.5 Å². The monoisotopic (exact) mass is 345 g/mol. The van der Waals surface area contributed by atoms with Crippen molar-refractivity contribution in [3.8, 4) is 17.6 Å². The van der Waals surface area contributed by atoms with Crippen molar-refractivity contribution in [1.29, 1.82) is 5.26 Å². The van der Waals surface area contributed by atoms with E-state index < -0.39 is 0 Å². The minimum Gasteiger partial charge on any atom is -0.490 e. The van der Waals surface area contributed by atoms with Gasteiger partial charge in [0.15, 0.2) is 11.5 Å². The highest BCUT2D eigenvalue weighted by Gasteiger charge is 2.11. The van der Waals surface area contributed by atoms with E-state index in [1.54, 1.807) is 0 Å². The molecule has 25 heavy (non-hydrogen) atoms. The summed E-state index contributed by atoms with van der Waals surface area (Å²) in [5, 5.41) is 11.2. The van der Waals surface area contributed by atoms with Gasteiger partial charge in [0, 0.05) is 13.1 Å². The van der Waals surface area contributed by atoms with Gasteiger partial charge in [-0.1, -0.05) is 12.5 Å². The van der Waals surface area contributed by atoms with Crippen LogP contribution in [0, 0.1) is 11.3 Å². The lowest BCUT2D eigenvalue weighted by Crippen LogP contribution is -2.33. The number of rotatable bonds is 9. The summed E-state index contributed by atoms with van der Waals surface area (Å²) in [6.45, 7) is 6.72. The van der Waals surface area contributed by atoms with Crippen LogP contribution in [0.2, 0.25) is 0 Å². The second-order valence-corrected chi connectivity index (χ2v) is 6.08. The number of ether oxygens (including phenoxy) is 2. The zero-order chi connectivity index (χ0) is 17.9. The smallest absolute Gasteiger partial charge is 0.234 e. The molecule has 0 bridgehead atoms. The molecule has 1 aliphatic rings. The Bertz CT molecular complexity index is 592. The molecule has 2 rings (SSSR count). The first-order chi connectivity index (χ1) is 12.2. The summed E-state index contributed by atoms with van der Waals surface area (Å²) in [6, 6.07) is 7.51. The summed E-state index contributed by atoms with van der Waals surface area (Å²) in [6.07, 6.45) is 3.75. The highest BCUT2D eigenvalue weighted by Crippen LogP contribution is 2.28. The standard InChI is InChI=1S/C19H27N3O3/c1-2-24-18-14-16(15-21-19(23)8-9-20)6-7-17(18)25-13-12-22-10-4-3-5-11-22/h6-7,14H,2-5,8,10-13,15H2,1H3,(H,21,23). The van der Waals surface area contributed by atoms with E-state index in [1.807, 2.05) is 31.2 Å². The quantitative estimate of drug-likeness (QED) is 0.744. The SMILES string of the molecule is CCOc1cc(CNC(=O)CC#N)ccc1OCCN1CCCCC1. The fraction of sp³-hybridized carbons (Fsp3) is 0.579. The first-order valence-electron chi connectivity index (χ1n) is 8.97. The van der Waals surface area contributed by atoms with E-state index >= 15 is 0 Å². The van der Waals surface area contributed by atoms with Gasteiger partial charge in [0.1, 0.15) is 13.0 Å². The molecule has 1 N–H and O–H groups in total. The lowest BCUT2D eigenvalue weighted by atomic mass is 10.1. The summed E-state index contributed by atoms with van der Waals surface area (Å²) in [7, 11) is 0. The number of nitriles is 1. The summed E-state index contributed by atoms with van der Waals surface area (Å²) >= 11 is 0. The number of piperidine rings is 1. The van der Waals surface area contributed by atoms with Crippen molar-refractivity contribution in [1.82, 2.24) is 10.2 Å². The highest BCUT2D eigenvalue weighted by atomic mass is 16.5. The summed E-state index contributed by atoms with van der Waals surface area (Å²) in [5.74, 6) is 1.14. The van der Waals surface area contributed by atoms with Crippen LogP contribution >= 0.6 is 0 Å². The molecule has 1 saturated heterocycles. The molecule has 6 heteroatoms. The third-order valence-electron chi connectivity index (χ3n) is 4.15. The van der Waals surface area contributed by atoms with E-state index in [1.165, 1.54) is 19.3 Å². The Labute approximate surface area is 149 Å². The third kappa shape index (κ3) is 6.63. The average molecular weight is 345 g/mol. The van der Waals surface area contributed by atoms with Gasteiger partial charge >= 0.3 is 0 Å². The minimum absolute atomic E-state index is 0.129. The second kappa shape index (κ2) is 10.6. The molecule has 1 aliphatic heterocycles. The Morgan fingerprint density at radius 1 is 1.24 bits per heavy atom. The molecule has 0 atom stereocenters. The number of nitrogens with zero attached hydrogens (tertiary/aromatic N) is 2. The molecule has 1 heterocycles. The van der Waals surface area contributed by atoms with Gasteiger partial charge in [-0.2, -0.15) is 5.26 Å². The molecule has 6 nitrogen and oxygen atoms in total. The predicted octanol–water partition coefficient (Wildman–Crippen LogP) is 2.48. The second-order valence-electron chi connectivity index (χ2n) is 6.08. The maximum absolute atomic E-state index is 11.4. The molecule has 0 aliphatic carbocycles. The molecular weight excluding hydrogens is 318 g/mol. The van der Waals surface area contributed by atoms with Gasteiger partial charge in [-0.05, 0) is 50.6 Å². The van der Waals surface area contributed by atoms with Crippen molar-refractivity contribution in [3.63, 3.8) is 0 Å². The van der Waals surface area contributed by atoms with Crippen LogP contribution in [0.1, 0.15) is 38.2 Å². The van der Waals surface area contributed by atoms with Gasteiger partial charge in [-0.3, -0.25) is 9.69 Å². The summed E-state index contributed by atoms with van der Waals surface area (Å²) in [4.78, 5) is 13.8. The van der Waals surface area contributed by atoms with Crippen LogP contribution in [-0.4, -0.2) is 43.7 Å². The molecule has 0 radical (unpaired) electrons. The van der Waals surface area contributed by atoms with Crippen LogP contribution in [-0.2, 0) is 11.3 Å². The van der Waals surface area contributed by atoms with Crippen molar-refractivity contribution in [2.45, 2.75) is 39.2 Å². The third-order valence-corrected chi connectivity index (χ3v) is 4.15. The van der Waals surface area contributed by atoms with Crippen molar-refractivity contribution < 1.29 is 14.3 Å². The predicted molar refractivity (Wildman–Crippen MR) is 95.5 cm³/mol. The first-order valence-corrected chi connectivity index (χ1v) is 8.97. The summed E-state index contributed by atoms with van der Waals surface area (Å²) in [5.41, 5.74) is 0.915. The summed E-state index contributed by atoms with van der Waals surface area (Å²) < 4.78 is 11.6. The highest BCUT2D eigenvalue weighted by molar-refractivity contribution is 5.77. The first kappa shape index (κ1) is 19.1. The lowest BCUT2D eigenvalue weighted by molar-refractivity contribution is -0.120. The zero-order valence-electron chi connectivity index (χ0n) is 14.9. The molecule has 1 amide bonds. The van der Waals surface area contributed by atoms with Crippen LogP contribution in [0.25, 0.3) is 0 Å². The molecule has 1 aromatic rings. The maximum Gasteiger partial charge on any atom is 0.234 e. The molecule has 1 aromatic carbocycles. The molecule has 0 aromatic heterocycles. The number of carbonyl (C=O) groups is 1. The van der Waals surface area contributed by atoms with Gasteiger partial charge in [0.05, 0.1) is 12.7 Å². The number of nitrogens with one attached hydrogen (secondary N) is 1. The number of amides is 1. The molecule has 136 valence electrons. The van der Waals surface area contributed by atoms with Crippen LogP contribution in [0.4, 0.5) is 0 Å². The van der Waals surface area contributed by atoms with Crippen LogP contribution in [0.15, 0.2) is 18.2 Å². The van der Waals surface area contributed by atoms with Gasteiger partial charge in [0.25, 0.3) is 0 Å². The Morgan fingerprint density at radius 3 is 2.76 bits per heavy atom. The Kier molecular flexibility index (Phi) is 8.06. The van der Waals surface area contributed by atoms with E-state index in [4.69, 9.17) is 14.7 Å². The van der Waals surface area contributed by atoms with Gasteiger partial charge < -0.3 is 14.8 Å². The Hall–Kier alpha value is -2.26. The minimum atomic E-state index is -0.276. The van der Waals surface area contributed by atoms with Crippen LogP contribution < -0.4 is 14.8 Å². The molecule has 1 fully saturated rings. The average Bonchev–Trinajstić information content (AvgIpc) is 2.63. The number of likely N-dealkylation sites (tertiary alicyclic amines) is 1. The number of carbonyl (C=O) groups excluding carboxylic acids is 1. The maximum atomic E-state index is 11.4. The number of hydrogen-bond donors (Lipinski definition) is 1. The van der Waals surface area contributed by atoms with Gasteiger partial charge in [0.2, 0.25) is 5.91 Å². The fourth-order valence-electron chi connectivity index (χ4n) is 2.85. The van der Waals surface area contributed by atoms with Crippen molar-refractivity contribution in [3.05, 3.63) is 23.8 Å². The van der Waals surface area contributed by atoms with Gasteiger partial charge in [-0.25, -0.2) is 0 Å². The van der Waals surface area contributed by atoms with Crippen molar-refractivity contribution >= 4 is 5.91 Å². The van der Waals surface area contributed by atoms with Crippen molar-refractivity contribution in [2.24, 2.45) is 0 Å². The van der Waals surface area contributed by atoms with E-state index in [-0.39, 0.29) is 12.3 Å². The molecule has 0 spiro atoms. The normalized spacial score (nSPS) is 14.6. The molecular formula is C19H27N3O3. The fourth-order valence-corrected chi connectivity index (χ4v) is 2.85. The largest absolute Gasteiger partial charge is 0.490 e. The Morgan fingerprint density at radius 2 is 2.04 bits per heavy atom. The zero-order valence-corrected chi connectivity index (χ0v) is 14.9. The van der Waals surface area contributed by atoms with E-state index in [0.29, 0.717) is 25.5 Å². The van der Waals surface area contributed by atoms with E-state index in [0.717, 1.165) is 30.9 Å². The van der Waals surface area contributed by atoms with Crippen LogP contribution in [0.3, 0.4) is 0 Å². The molecule has 0 unspecified atom stereocenters. The number of hydrogen-bond acceptors (Lipinski definition) is 5. The molecule has 0 saturated carbocycles. The van der Waals surface area contributed by atoms with E-state index in [2.05, 4.69) is 10.2 Å². The number of benzene rings is 1. The van der Waals surface area contributed by atoms with Gasteiger partial charge in [-0.15, -0.1) is 0 Å². The Balaban J connectivity index is 1.88. The topological polar surface area (TPSA) is 74.6 Å². The van der Waals surface area contributed by atoms with Crippen molar-refractivity contribution in [2.75, 3.05) is 32.8 Å². The van der Waals surface area contributed by atoms with E-state index in [9.17, 15) is 4.79 Å². The lowest BCUT2D eigenvalue weighted by Gasteiger charge is -2.26.